The van der Waals surface area contributed by atoms with Crippen molar-refractivity contribution >= 4 is 5.91 Å². The standard InChI is InChI=1S/C14H23N3O2/c1-11-10-15-12(2)17(11)13-4-7-16(8-5-13)14(18)6-9-19-3/h10,13H,4-9H2,1-3H3. The number of imidazole rings is 1. The molecule has 1 saturated heterocycles. The smallest absolute Gasteiger partial charge is 0.224 e. The van der Waals surface area contributed by atoms with Gasteiger partial charge in [-0.05, 0) is 26.7 Å². The number of aryl methyl sites for hydroxylation is 2. The molecule has 0 spiro atoms. The van der Waals surface area contributed by atoms with E-state index >= 15 is 0 Å². The van der Waals surface area contributed by atoms with Gasteiger partial charge in [0.2, 0.25) is 5.91 Å². The molecule has 2 rings (SSSR count). The van der Waals surface area contributed by atoms with Crippen molar-refractivity contribution in [2.45, 2.75) is 39.2 Å². The van der Waals surface area contributed by atoms with E-state index in [1.54, 1.807) is 7.11 Å². The minimum absolute atomic E-state index is 0.208. The van der Waals surface area contributed by atoms with E-state index < -0.39 is 0 Å². The van der Waals surface area contributed by atoms with Crippen molar-refractivity contribution in [1.82, 2.24) is 14.5 Å². The lowest BCUT2D eigenvalue weighted by molar-refractivity contribution is -0.133. The van der Waals surface area contributed by atoms with Crippen LogP contribution in [-0.2, 0) is 9.53 Å². The van der Waals surface area contributed by atoms with Gasteiger partial charge < -0.3 is 14.2 Å². The number of hydrogen-bond donors (Lipinski definition) is 0. The largest absolute Gasteiger partial charge is 0.384 e. The van der Waals surface area contributed by atoms with E-state index in [-0.39, 0.29) is 5.91 Å². The van der Waals surface area contributed by atoms with Crippen LogP contribution in [0.1, 0.15) is 36.8 Å². The topological polar surface area (TPSA) is 47.4 Å². The number of carbonyl (C=O) groups is 1. The minimum atomic E-state index is 0.208. The zero-order valence-corrected chi connectivity index (χ0v) is 12.1. The number of nitrogens with zero attached hydrogens (tertiary/aromatic N) is 3. The highest BCUT2D eigenvalue weighted by Crippen LogP contribution is 2.25. The van der Waals surface area contributed by atoms with Crippen LogP contribution in [0.2, 0.25) is 0 Å². The highest BCUT2D eigenvalue weighted by atomic mass is 16.5. The molecule has 0 bridgehead atoms. The van der Waals surface area contributed by atoms with E-state index in [0.717, 1.165) is 31.8 Å². The number of hydrogen-bond acceptors (Lipinski definition) is 3. The van der Waals surface area contributed by atoms with Crippen LogP contribution in [-0.4, -0.2) is 47.2 Å². The molecule has 1 aromatic rings. The second-order valence-corrected chi connectivity index (χ2v) is 5.17. The Morgan fingerprint density at radius 3 is 2.63 bits per heavy atom. The Bertz CT molecular complexity index is 414. The number of piperidine rings is 1. The summed E-state index contributed by atoms with van der Waals surface area (Å²) >= 11 is 0. The van der Waals surface area contributed by atoms with Crippen LogP contribution >= 0.6 is 0 Å². The van der Waals surface area contributed by atoms with Crippen molar-refractivity contribution in [2.75, 3.05) is 26.8 Å². The molecule has 1 aliphatic heterocycles. The molecule has 2 heterocycles. The summed E-state index contributed by atoms with van der Waals surface area (Å²) in [5.41, 5.74) is 1.21. The van der Waals surface area contributed by atoms with Crippen LogP contribution in [0.3, 0.4) is 0 Å². The van der Waals surface area contributed by atoms with E-state index in [2.05, 4.69) is 16.5 Å². The molecular weight excluding hydrogens is 242 g/mol. The van der Waals surface area contributed by atoms with E-state index in [0.29, 0.717) is 19.1 Å². The monoisotopic (exact) mass is 265 g/mol. The van der Waals surface area contributed by atoms with Gasteiger partial charge in [-0.2, -0.15) is 0 Å². The number of amides is 1. The fourth-order valence-electron chi connectivity index (χ4n) is 2.84. The van der Waals surface area contributed by atoms with Gasteiger partial charge in [0.25, 0.3) is 0 Å². The third kappa shape index (κ3) is 3.15. The number of carbonyl (C=O) groups excluding carboxylic acids is 1. The summed E-state index contributed by atoms with van der Waals surface area (Å²) in [4.78, 5) is 18.2. The SMILES string of the molecule is COCCC(=O)N1CCC(n2c(C)cnc2C)CC1. The Kier molecular flexibility index (Phi) is 4.58. The molecule has 5 heteroatoms. The summed E-state index contributed by atoms with van der Waals surface area (Å²) in [6.45, 7) is 6.33. The van der Waals surface area contributed by atoms with Crippen molar-refractivity contribution in [2.24, 2.45) is 0 Å². The maximum atomic E-state index is 11.9. The number of rotatable bonds is 4. The third-order valence-corrected chi connectivity index (χ3v) is 3.87. The molecule has 0 saturated carbocycles. The lowest BCUT2D eigenvalue weighted by Gasteiger charge is -2.33. The van der Waals surface area contributed by atoms with Crippen LogP contribution in [0.15, 0.2) is 6.20 Å². The highest BCUT2D eigenvalue weighted by molar-refractivity contribution is 5.76. The van der Waals surface area contributed by atoms with E-state index in [1.807, 2.05) is 18.0 Å². The van der Waals surface area contributed by atoms with Gasteiger partial charge in [0.1, 0.15) is 5.82 Å². The molecule has 1 aliphatic rings. The Morgan fingerprint density at radius 1 is 1.42 bits per heavy atom. The van der Waals surface area contributed by atoms with Crippen molar-refractivity contribution < 1.29 is 9.53 Å². The normalized spacial score (nSPS) is 16.9. The minimum Gasteiger partial charge on any atom is -0.384 e. The van der Waals surface area contributed by atoms with E-state index in [4.69, 9.17) is 4.74 Å². The quantitative estimate of drug-likeness (QED) is 0.832. The molecule has 0 aromatic carbocycles. The molecule has 1 amide bonds. The number of ether oxygens (including phenoxy) is 1. The molecule has 1 fully saturated rings. The predicted molar refractivity (Wildman–Crippen MR) is 73.0 cm³/mol. The first-order valence-corrected chi connectivity index (χ1v) is 6.90. The van der Waals surface area contributed by atoms with Crippen LogP contribution < -0.4 is 0 Å². The van der Waals surface area contributed by atoms with Gasteiger partial charge in [-0.15, -0.1) is 0 Å². The van der Waals surface area contributed by atoms with Crippen LogP contribution in [0.4, 0.5) is 0 Å². The van der Waals surface area contributed by atoms with Crippen molar-refractivity contribution in [3.8, 4) is 0 Å². The maximum absolute atomic E-state index is 11.9. The molecular formula is C14H23N3O2. The number of methoxy groups -OCH3 is 1. The third-order valence-electron chi connectivity index (χ3n) is 3.87. The van der Waals surface area contributed by atoms with E-state index in [1.165, 1.54) is 5.69 Å². The van der Waals surface area contributed by atoms with Crippen molar-refractivity contribution in [1.29, 1.82) is 0 Å². The lowest BCUT2D eigenvalue weighted by Crippen LogP contribution is -2.39. The van der Waals surface area contributed by atoms with Gasteiger partial charge in [-0.25, -0.2) is 4.98 Å². The molecule has 19 heavy (non-hydrogen) atoms. The van der Waals surface area contributed by atoms with Crippen LogP contribution in [0, 0.1) is 13.8 Å². The van der Waals surface area contributed by atoms with Gasteiger partial charge in [-0.1, -0.05) is 0 Å². The Balaban J connectivity index is 1.91. The first-order chi connectivity index (χ1) is 9.13. The van der Waals surface area contributed by atoms with Gasteiger partial charge in [-0.3, -0.25) is 4.79 Å². The summed E-state index contributed by atoms with van der Waals surface area (Å²) < 4.78 is 7.26. The Hall–Kier alpha value is -1.36. The predicted octanol–water partition coefficient (Wildman–Crippen LogP) is 1.70. The zero-order chi connectivity index (χ0) is 13.8. The first kappa shape index (κ1) is 14.1. The molecule has 106 valence electrons. The van der Waals surface area contributed by atoms with Gasteiger partial charge in [0.15, 0.2) is 0 Å². The fraction of sp³-hybridized carbons (Fsp3) is 0.714. The van der Waals surface area contributed by atoms with Crippen LogP contribution in [0.5, 0.6) is 0 Å². The summed E-state index contributed by atoms with van der Waals surface area (Å²) in [6, 6.07) is 0.481. The molecule has 1 aromatic heterocycles. The number of aromatic nitrogens is 2. The Morgan fingerprint density at radius 2 is 2.11 bits per heavy atom. The molecule has 0 aliphatic carbocycles. The molecule has 0 N–H and O–H groups in total. The Labute approximate surface area is 114 Å². The highest BCUT2D eigenvalue weighted by Gasteiger charge is 2.24. The van der Waals surface area contributed by atoms with Crippen molar-refractivity contribution in [3.63, 3.8) is 0 Å². The first-order valence-electron chi connectivity index (χ1n) is 6.90. The second kappa shape index (κ2) is 6.19. The molecule has 5 nitrogen and oxygen atoms in total. The zero-order valence-electron chi connectivity index (χ0n) is 12.1. The summed E-state index contributed by atoms with van der Waals surface area (Å²) in [5, 5.41) is 0. The molecule has 0 unspecified atom stereocenters. The van der Waals surface area contributed by atoms with Crippen LogP contribution in [0.25, 0.3) is 0 Å². The number of likely N-dealkylation sites (tertiary alicyclic amines) is 1. The average molecular weight is 265 g/mol. The molecule has 0 atom stereocenters. The second-order valence-electron chi connectivity index (χ2n) is 5.17. The average Bonchev–Trinajstić information content (AvgIpc) is 2.76. The fourth-order valence-corrected chi connectivity index (χ4v) is 2.84. The van der Waals surface area contributed by atoms with Gasteiger partial charge in [0.05, 0.1) is 13.0 Å². The maximum Gasteiger partial charge on any atom is 0.224 e. The lowest BCUT2D eigenvalue weighted by atomic mass is 10.0. The van der Waals surface area contributed by atoms with Gasteiger partial charge in [0, 0.05) is 38.1 Å². The summed E-state index contributed by atoms with van der Waals surface area (Å²) in [5.74, 6) is 1.28. The van der Waals surface area contributed by atoms with Gasteiger partial charge >= 0.3 is 0 Å². The summed E-state index contributed by atoms with van der Waals surface area (Å²) in [6.07, 6.45) is 4.43. The van der Waals surface area contributed by atoms with Crippen molar-refractivity contribution in [3.05, 3.63) is 17.7 Å². The summed E-state index contributed by atoms with van der Waals surface area (Å²) in [7, 11) is 1.63. The van der Waals surface area contributed by atoms with E-state index in [9.17, 15) is 4.79 Å². The molecule has 0 radical (unpaired) electrons.